The second-order valence-electron chi connectivity index (χ2n) is 7.62. The molecule has 0 aliphatic carbocycles. The first-order valence-electron chi connectivity index (χ1n) is 9.37. The molecule has 0 saturated carbocycles. The van der Waals surface area contributed by atoms with Gasteiger partial charge in [0.1, 0.15) is 10.2 Å². The summed E-state index contributed by atoms with van der Waals surface area (Å²) in [5.41, 5.74) is 1.54. The monoisotopic (exact) mass is 478 g/mol. The molecule has 2 aromatic rings. The van der Waals surface area contributed by atoms with E-state index in [4.69, 9.17) is 9.47 Å². The number of ether oxygens (including phenoxy) is 2. The van der Waals surface area contributed by atoms with E-state index >= 15 is 0 Å². The normalized spacial score (nSPS) is 14.3. The number of nitrogens with zero attached hydrogens (tertiary/aromatic N) is 4. The van der Waals surface area contributed by atoms with Crippen LogP contribution in [0.1, 0.15) is 20.8 Å². The van der Waals surface area contributed by atoms with Crippen LogP contribution in [0.25, 0.3) is 11.3 Å². The summed E-state index contributed by atoms with van der Waals surface area (Å²) in [5, 5.41) is 9.51. The van der Waals surface area contributed by atoms with Crippen LogP contribution in [0.3, 0.4) is 0 Å². The van der Waals surface area contributed by atoms with Gasteiger partial charge in [0.2, 0.25) is 0 Å². The highest BCUT2D eigenvalue weighted by Gasteiger charge is 2.31. The lowest BCUT2D eigenvalue weighted by Gasteiger charge is -2.29. The molecule has 1 aliphatic rings. The van der Waals surface area contributed by atoms with Gasteiger partial charge >= 0.3 is 12.2 Å². The summed E-state index contributed by atoms with van der Waals surface area (Å²) in [7, 11) is 0. The van der Waals surface area contributed by atoms with Crippen molar-refractivity contribution in [2.45, 2.75) is 26.4 Å². The summed E-state index contributed by atoms with van der Waals surface area (Å²) in [4.78, 5) is 35.2. The molecule has 0 radical (unpaired) electrons. The molecule has 0 unspecified atom stereocenters. The van der Waals surface area contributed by atoms with Crippen LogP contribution in [0.4, 0.5) is 21.1 Å². The topological polar surface area (TPSA) is 105 Å². The first-order chi connectivity index (χ1) is 14.2. The van der Waals surface area contributed by atoms with Gasteiger partial charge in [-0.2, -0.15) is 4.90 Å². The number of morpholine rings is 1. The SMILES string of the molecule is CC(C)(C)OC(=O)N(C(=O)O)c1ncc(-c2cccc(N3CCOCC3)c2)nc1Br. The highest BCUT2D eigenvalue weighted by atomic mass is 79.9. The van der Waals surface area contributed by atoms with Gasteiger partial charge in [-0.05, 0) is 48.8 Å². The number of halogens is 1. The number of benzene rings is 1. The quantitative estimate of drug-likeness (QED) is 0.700. The molecule has 9 nitrogen and oxygen atoms in total. The molecule has 1 fully saturated rings. The summed E-state index contributed by atoms with van der Waals surface area (Å²) in [6.45, 7) is 7.92. The van der Waals surface area contributed by atoms with Crippen molar-refractivity contribution < 1.29 is 24.2 Å². The zero-order chi connectivity index (χ0) is 21.9. The molecule has 0 atom stereocenters. The van der Waals surface area contributed by atoms with Crippen molar-refractivity contribution in [3.8, 4) is 11.3 Å². The first-order valence-corrected chi connectivity index (χ1v) is 10.2. The molecule has 0 bridgehead atoms. The first kappa shape index (κ1) is 22.0. The summed E-state index contributed by atoms with van der Waals surface area (Å²) in [6.07, 6.45) is -1.13. The Balaban J connectivity index is 1.89. The van der Waals surface area contributed by atoms with Gasteiger partial charge < -0.3 is 19.5 Å². The van der Waals surface area contributed by atoms with Crippen LogP contribution >= 0.6 is 15.9 Å². The van der Waals surface area contributed by atoms with E-state index in [1.165, 1.54) is 6.20 Å². The van der Waals surface area contributed by atoms with Crippen molar-refractivity contribution in [3.63, 3.8) is 0 Å². The second-order valence-corrected chi connectivity index (χ2v) is 8.37. The number of anilines is 2. The van der Waals surface area contributed by atoms with Gasteiger partial charge in [0.05, 0.1) is 25.1 Å². The Labute approximate surface area is 182 Å². The van der Waals surface area contributed by atoms with E-state index in [1.807, 2.05) is 24.3 Å². The van der Waals surface area contributed by atoms with Crippen LogP contribution in [-0.4, -0.2) is 59.2 Å². The van der Waals surface area contributed by atoms with Gasteiger partial charge in [0, 0.05) is 24.3 Å². The predicted octanol–water partition coefficient (Wildman–Crippen LogP) is 4.16. The lowest BCUT2D eigenvalue weighted by molar-refractivity contribution is 0.0580. The maximum atomic E-state index is 12.3. The number of carbonyl (C=O) groups excluding carboxylic acids is 1. The largest absolute Gasteiger partial charge is 0.464 e. The van der Waals surface area contributed by atoms with Gasteiger partial charge in [-0.25, -0.2) is 19.6 Å². The third-order valence-corrected chi connectivity index (χ3v) is 4.74. The number of hydrogen-bond donors (Lipinski definition) is 1. The van der Waals surface area contributed by atoms with Crippen molar-refractivity contribution in [1.82, 2.24) is 9.97 Å². The zero-order valence-electron chi connectivity index (χ0n) is 17.0. The van der Waals surface area contributed by atoms with Crippen LogP contribution in [0.2, 0.25) is 0 Å². The standard InChI is InChI=1S/C20H23BrN4O5/c1-20(2,3)30-19(28)25(18(26)27)17-16(21)23-15(12-22-17)13-5-4-6-14(11-13)24-7-9-29-10-8-24/h4-6,11-12H,7-10H2,1-3H3,(H,26,27). The molecule has 2 amide bonds. The fraction of sp³-hybridized carbons (Fsp3) is 0.400. The summed E-state index contributed by atoms with van der Waals surface area (Å²) < 4.78 is 10.7. The Morgan fingerprint density at radius 2 is 1.97 bits per heavy atom. The van der Waals surface area contributed by atoms with Crippen LogP contribution < -0.4 is 9.80 Å². The van der Waals surface area contributed by atoms with Gasteiger partial charge in [0.15, 0.2) is 5.82 Å². The van der Waals surface area contributed by atoms with E-state index in [0.717, 1.165) is 24.3 Å². The number of imide groups is 1. The summed E-state index contributed by atoms with van der Waals surface area (Å²) in [5.74, 6) is -0.162. The minimum atomic E-state index is -1.51. The molecule has 2 heterocycles. The molecule has 3 rings (SSSR count). The number of amides is 2. The molecule has 1 saturated heterocycles. The minimum Gasteiger partial charge on any atom is -0.464 e. The lowest BCUT2D eigenvalue weighted by Crippen LogP contribution is -2.41. The second kappa shape index (κ2) is 8.97. The maximum Gasteiger partial charge on any atom is 0.425 e. The molecular weight excluding hydrogens is 456 g/mol. The smallest absolute Gasteiger partial charge is 0.425 e. The van der Waals surface area contributed by atoms with Gasteiger partial charge in [-0.15, -0.1) is 0 Å². The number of rotatable bonds is 3. The predicted molar refractivity (Wildman–Crippen MR) is 115 cm³/mol. The van der Waals surface area contributed by atoms with Crippen LogP contribution in [0, 0.1) is 0 Å². The average molecular weight is 479 g/mol. The van der Waals surface area contributed by atoms with Crippen LogP contribution in [0.15, 0.2) is 35.1 Å². The van der Waals surface area contributed by atoms with E-state index in [-0.39, 0.29) is 10.4 Å². The van der Waals surface area contributed by atoms with Crippen molar-refractivity contribution in [3.05, 3.63) is 35.1 Å². The van der Waals surface area contributed by atoms with Crippen molar-refractivity contribution in [1.29, 1.82) is 0 Å². The van der Waals surface area contributed by atoms with E-state index in [1.54, 1.807) is 20.8 Å². The lowest BCUT2D eigenvalue weighted by atomic mass is 10.1. The maximum absolute atomic E-state index is 12.3. The van der Waals surface area contributed by atoms with Crippen molar-refractivity contribution in [2.24, 2.45) is 0 Å². The number of carbonyl (C=O) groups is 2. The van der Waals surface area contributed by atoms with Crippen LogP contribution in [-0.2, 0) is 9.47 Å². The Morgan fingerprint density at radius 3 is 2.57 bits per heavy atom. The third kappa shape index (κ3) is 5.25. The zero-order valence-corrected chi connectivity index (χ0v) is 18.5. The molecule has 1 aromatic heterocycles. The van der Waals surface area contributed by atoms with E-state index in [2.05, 4.69) is 30.8 Å². The Morgan fingerprint density at radius 1 is 1.27 bits per heavy atom. The third-order valence-electron chi connectivity index (χ3n) is 4.21. The van der Waals surface area contributed by atoms with E-state index in [9.17, 15) is 14.7 Å². The van der Waals surface area contributed by atoms with Crippen molar-refractivity contribution >= 4 is 39.6 Å². The number of hydrogen-bond acceptors (Lipinski definition) is 7. The molecule has 1 aliphatic heterocycles. The molecule has 1 N–H and O–H groups in total. The fourth-order valence-corrected chi connectivity index (χ4v) is 3.37. The van der Waals surface area contributed by atoms with Crippen LogP contribution in [0.5, 0.6) is 0 Å². The van der Waals surface area contributed by atoms with Gasteiger partial charge in [0.25, 0.3) is 0 Å². The highest BCUT2D eigenvalue weighted by Crippen LogP contribution is 2.29. The van der Waals surface area contributed by atoms with E-state index in [0.29, 0.717) is 23.8 Å². The highest BCUT2D eigenvalue weighted by molar-refractivity contribution is 9.10. The van der Waals surface area contributed by atoms with E-state index < -0.39 is 17.8 Å². The summed E-state index contributed by atoms with van der Waals surface area (Å²) >= 11 is 3.24. The van der Waals surface area contributed by atoms with Crippen molar-refractivity contribution in [2.75, 3.05) is 36.1 Å². The Hall–Kier alpha value is -2.72. The fourth-order valence-electron chi connectivity index (χ4n) is 2.90. The summed E-state index contributed by atoms with van der Waals surface area (Å²) in [6, 6.07) is 7.82. The number of aromatic nitrogens is 2. The molecule has 30 heavy (non-hydrogen) atoms. The molecule has 0 spiro atoms. The molecule has 1 aromatic carbocycles. The minimum absolute atomic E-state index is 0.116. The molecule has 160 valence electrons. The molecule has 10 heteroatoms. The average Bonchev–Trinajstić information content (AvgIpc) is 2.68. The Kier molecular flexibility index (Phi) is 6.57. The Bertz CT molecular complexity index is 941. The van der Waals surface area contributed by atoms with Gasteiger partial charge in [-0.1, -0.05) is 12.1 Å². The number of carboxylic acid groups (broad SMARTS) is 1. The molecular formula is C20H23BrN4O5. The van der Waals surface area contributed by atoms with Gasteiger partial charge in [-0.3, -0.25) is 0 Å².